The normalized spacial score (nSPS) is 11.5. The Bertz CT molecular complexity index is 473. The predicted octanol–water partition coefficient (Wildman–Crippen LogP) is 2.50. The first-order valence-electron chi connectivity index (χ1n) is 5.30. The lowest BCUT2D eigenvalue weighted by Crippen LogP contribution is -2.23. The first-order valence-corrected chi connectivity index (χ1v) is 5.30. The van der Waals surface area contributed by atoms with Crippen molar-refractivity contribution in [1.82, 2.24) is 5.32 Å². The molecule has 17 heavy (non-hydrogen) atoms. The lowest BCUT2D eigenvalue weighted by Gasteiger charge is -2.05. The Hall–Kier alpha value is -2.16. The standard InChI is InChI=1S/C14H16N2O/c1-4-6-13(10-15-3)16-14(17)12-8-5-7-11(2)9-12/h4-10H,1H2,2-3H3,(H,16,17)/b13-6+,15-10?. The van der Waals surface area contributed by atoms with Gasteiger partial charge in [-0.05, 0) is 25.1 Å². The number of aliphatic imine (C=N–C) groups is 1. The number of hydrogen-bond donors (Lipinski definition) is 1. The van der Waals surface area contributed by atoms with E-state index in [1.807, 2.05) is 25.1 Å². The van der Waals surface area contributed by atoms with Gasteiger partial charge in [-0.2, -0.15) is 0 Å². The van der Waals surface area contributed by atoms with Crippen molar-refractivity contribution in [2.24, 2.45) is 4.99 Å². The number of nitrogens with zero attached hydrogens (tertiary/aromatic N) is 1. The van der Waals surface area contributed by atoms with Crippen LogP contribution in [0, 0.1) is 6.92 Å². The number of carbonyl (C=O) groups excluding carboxylic acids is 1. The Labute approximate surface area is 102 Å². The molecule has 0 spiro atoms. The molecule has 1 rings (SSSR count). The minimum Gasteiger partial charge on any atom is -0.321 e. The molecule has 0 unspecified atom stereocenters. The van der Waals surface area contributed by atoms with E-state index in [0.717, 1.165) is 5.56 Å². The van der Waals surface area contributed by atoms with E-state index in [1.54, 1.807) is 31.5 Å². The summed E-state index contributed by atoms with van der Waals surface area (Å²) in [6, 6.07) is 7.42. The van der Waals surface area contributed by atoms with Crippen LogP contribution in [0.1, 0.15) is 15.9 Å². The number of allylic oxidation sites excluding steroid dienone is 3. The van der Waals surface area contributed by atoms with Crippen molar-refractivity contribution >= 4 is 12.1 Å². The SMILES string of the molecule is C=C/C=C(\C=NC)NC(=O)c1cccc(C)c1. The van der Waals surface area contributed by atoms with Gasteiger partial charge in [0, 0.05) is 18.8 Å². The van der Waals surface area contributed by atoms with Gasteiger partial charge >= 0.3 is 0 Å². The molecule has 0 bridgehead atoms. The zero-order valence-corrected chi connectivity index (χ0v) is 10.1. The van der Waals surface area contributed by atoms with Crippen LogP contribution in [0.3, 0.4) is 0 Å². The minimum absolute atomic E-state index is 0.151. The molecule has 0 aliphatic rings. The lowest BCUT2D eigenvalue weighted by molar-refractivity contribution is 0.0968. The van der Waals surface area contributed by atoms with Gasteiger partial charge in [0.1, 0.15) is 0 Å². The Kier molecular flexibility index (Phi) is 4.88. The molecule has 0 aromatic heterocycles. The molecule has 0 radical (unpaired) electrons. The highest BCUT2D eigenvalue weighted by molar-refractivity contribution is 5.99. The van der Waals surface area contributed by atoms with Crippen LogP contribution in [0.15, 0.2) is 53.7 Å². The quantitative estimate of drug-likeness (QED) is 0.624. The Morgan fingerprint density at radius 2 is 2.24 bits per heavy atom. The minimum atomic E-state index is -0.151. The smallest absolute Gasteiger partial charge is 0.255 e. The van der Waals surface area contributed by atoms with Crippen molar-refractivity contribution in [2.75, 3.05) is 7.05 Å². The van der Waals surface area contributed by atoms with Gasteiger partial charge < -0.3 is 5.32 Å². The molecule has 0 aliphatic carbocycles. The van der Waals surface area contributed by atoms with Crippen LogP contribution in [0.5, 0.6) is 0 Å². The molecule has 0 heterocycles. The van der Waals surface area contributed by atoms with E-state index in [0.29, 0.717) is 11.3 Å². The fourth-order valence-electron chi connectivity index (χ4n) is 1.37. The molecule has 1 N–H and O–H groups in total. The number of aryl methyl sites for hydroxylation is 1. The van der Waals surface area contributed by atoms with E-state index in [4.69, 9.17) is 0 Å². The van der Waals surface area contributed by atoms with Crippen molar-refractivity contribution in [3.63, 3.8) is 0 Å². The Morgan fingerprint density at radius 3 is 2.82 bits per heavy atom. The number of rotatable bonds is 4. The zero-order valence-electron chi connectivity index (χ0n) is 10.1. The topological polar surface area (TPSA) is 41.5 Å². The Balaban J connectivity index is 2.84. The lowest BCUT2D eigenvalue weighted by atomic mass is 10.1. The van der Waals surface area contributed by atoms with Crippen LogP contribution in [-0.2, 0) is 0 Å². The molecular weight excluding hydrogens is 212 g/mol. The number of carbonyl (C=O) groups is 1. The summed E-state index contributed by atoms with van der Waals surface area (Å²) in [6.07, 6.45) is 4.88. The summed E-state index contributed by atoms with van der Waals surface area (Å²) in [7, 11) is 1.65. The van der Waals surface area contributed by atoms with Crippen LogP contribution in [-0.4, -0.2) is 19.2 Å². The maximum atomic E-state index is 11.9. The van der Waals surface area contributed by atoms with Crippen LogP contribution < -0.4 is 5.32 Å². The van der Waals surface area contributed by atoms with Crippen molar-refractivity contribution in [2.45, 2.75) is 6.92 Å². The molecule has 1 amide bonds. The summed E-state index contributed by atoms with van der Waals surface area (Å²) in [5.74, 6) is -0.151. The molecule has 1 aromatic rings. The number of hydrogen-bond acceptors (Lipinski definition) is 2. The molecule has 0 saturated heterocycles. The molecule has 0 fully saturated rings. The summed E-state index contributed by atoms with van der Waals surface area (Å²) in [5, 5.41) is 2.76. The summed E-state index contributed by atoms with van der Waals surface area (Å²) < 4.78 is 0. The summed E-state index contributed by atoms with van der Waals surface area (Å²) >= 11 is 0. The van der Waals surface area contributed by atoms with Gasteiger partial charge in [-0.1, -0.05) is 30.4 Å². The molecule has 3 heteroatoms. The average molecular weight is 228 g/mol. The van der Waals surface area contributed by atoms with E-state index in [9.17, 15) is 4.79 Å². The fourth-order valence-corrected chi connectivity index (χ4v) is 1.37. The summed E-state index contributed by atoms with van der Waals surface area (Å²) in [4.78, 5) is 15.8. The maximum absolute atomic E-state index is 11.9. The van der Waals surface area contributed by atoms with Crippen LogP contribution >= 0.6 is 0 Å². The number of amides is 1. The van der Waals surface area contributed by atoms with Crippen molar-refractivity contribution < 1.29 is 4.79 Å². The Morgan fingerprint density at radius 1 is 1.47 bits per heavy atom. The van der Waals surface area contributed by atoms with E-state index in [2.05, 4.69) is 16.9 Å². The average Bonchev–Trinajstić information content (AvgIpc) is 2.29. The third-order valence-corrected chi connectivity index (χ3v) is 2.10. The fraction of sp³-hybridized carbons (Fsp3) is 0.143. The van der Waals surface area contributed by atoms with Crippen LogP contribution in [0.25, 0.3) is 0 Å². The third kappa shape index (κ3) is 4.07. The van der Waals surface area contributed by atoms with Crippen molar-refractivity contribution in [3.8, 4) is 0 Å². The van der Waals surface area contributed by atoms with Gasteiger partial charge in [-0.3, -0.25) is 9.79 Å². The van der Waals surface area contributed by atoms with Gasteiger partial charge in [0.2, 0.25) is 0 Å². The van der Waals surface area contributed by atoms with Gasteiger partial charge in [0.05, 0.1) is 5.70 Å². The first-order chi connectivity index (χ1) is 8.17. The molecule has 0 saturated carbocycles. The second-order valence-electron chi connectivity index (χ2n) is 3.57. The predicted molar refractivity (Wildman–Crippen MR) is 71.3 cm³/mol. The number of nitrogens with one attached hydrogen (secondary N) is 1. The monoisotopic (exact) mass is 228 g/mol. The molecule has 88 valence electrons. The van der Waals surface area contributed by atoms with Gasteiger partial charge in [-0.15, -0.1) is 0 Å². The largest absolute Gasteiger partial charge is 0.321 e. The highest BCUT2D eigenvalue weighted by Crippen LogP contribution is 2.04. The van der Waals surface area contributed by atoms with Gasteiger partial charge in [0.25, 0.3) is 5.91 Å². The van der Waals surface area contributed by atoms with E-state index in [1.165, 1.54) is 0 Å². The first kappa shape index (κ1) is 12.9. The van der Waals surface area contributed by atoms with E-state index >= 15 is 0 Å². The number of benzene rings is 1. The molecule has 0 atom stereocenters. The second kappa shape index (κ2) is 6.43. The van der Waals surface area contributed by atoms with Gasteiger partial charge in [0.15, 0.2) is 0 Å². The molecule has 1 aromatic carbocycles. The third-order valence-electron chi connectivity index (χ3n) is 2.10. The zero-order chi connectivity index (χ0) is 12.7. The van der Waals surface area contributed by atoms with Gasteiger partial charge in [-0.25, -0.2) is 0 Å². The van der Waals surface area contributed by atoms with Crippen LogP contribution in [0.4, 0.5) is 0 Å². The second-order valence-corrected chi connectivity index (χ2v) is 3.57. The van der Waals surface area contributed by atoms with Crippen molar-refractivity contribution in [3.05, 3.63) is 59.8 Å². The summed E-state index contributed by atoms with van der Waals surface area (Å²) in [6.45, 7) is 5.54. The van der Waals surface area contributed by atoms with Crippen molar-refractivity contribution in [1.29, 1.82) is 0 Å². The highest BCUT2D eigenvalue weighted by Gasteiger charge is 2.05. The van der Waals surface area contributed by atoms with E-state index in [-0.39, 0.29) is 5.91 Å². The highest BCUT2D eigenvalue weighted by atomic mass is 16.1. The molecule has 3 nitrogen and oxygen atoms in total. The summed E-state index contributed by atoms with van der Waals surface area (Å²) in [5.41, 5.74) is 2.30. The molecule has 0 aliphatic heterocycles. The maximum Gasteiger partial charge on any atom is 0.255 e. The molecular formula is C14H16N2O. The van der Waals surface area contributed by atoms with Crippen LogP contribution in [0.2, 0.25) is 0 Å². The van der Waals surface area contributed by atoms with E-state index < -0.39 is 0 Å².